The second kappa shape index (κ2) is 8.66. The summed E-state index contributed by atoms with van der Waals surface area (Å²) in [5, 5.41) is 0. The molecule has 1 aliphatic rings. The van der Waals surface area contributed by atoms with Gasteiger partial charge in [0.15, 0.2) is 5.70 Å². The Morgan fingerprint density at radius 3 is 2.53 bits per heavy atom. The van der Waals surface area contributed by atoms with Crippen LogP contribution in [-0.2, 0) is 16.1 Å². The number of aryl methyl sites for hydroxylation is 1. The van der Waals surface area contributed by atoms with E-state index in [4.69, 9.17) is 14.2 Å². The molecule has 5 nitrogen and oxygen atoms in total. The van der Waals surface area contributed by atoms with Crippen LogP contribution in [0.5, 0.6) is 11.5 Å². The molecule has 0 bridgehead atoms. The van der Waals surface area contributed by atoms with Crippen molar-refractivity contribution in [2.24, 2.45) is 4.99 Å². The molecule has 150 valence electrons. The quantitative estimate of drug-likeness (QED) is 0.436. The summed E-state index contributed by atoms with van der Waals surface area (Å²) >= 11 is 0. The molecule has 0 unspecified atom stereocenters. The average Bonchev–Trinajstić information content (AvgIpc) is 3.14. The Morgan fingerprint density at radius 2 is 1.77 bits per heavy atom. The fourth-order valence-corrected chi connectivity index (χ4v) is 3.04. The highest BCUT2D eigenvalue weighted by Crippen LogP contribution is 2.23. The summed E-state index contributed by atoms with van der Waals surface area (Å²) < 4.78 is 16.4. The number of ether oxygens (including phenoxy) is 3. The zero-order valence-electron chi connectivity index (χ0n) is 16.8. The van der Waals surface area contributed by atoms with E-state index in [1.54, 1.807) is 19.3 Å². The molecule has 0 aliphatic carbocycles. The van der Waals surface area contributed by atoms with Gasteiger partial charge < -0.3 is 14.2 Å². The highest BCUT2D eigenvalue weighted by molar-refractivity contribution is 6.12. The van der Waals surface area contributed by atoms with Crippen LogP contribution < -0.4 is 9.47 Å². The van der Waals surface area contributed by atoms with Crippen molar-refractivity contribution in [1.29, 1.82) is 0 Å². The maximum absolute atomic E-state index is 12.2. The first-order chi connectivity index (χ1) is 14.6. The van der Waals surface area contributed by atoms with E-state index in [1.165, 1.54) is 5.56 Å². The van der Waals surface area contributed by atoms with Gasteiger partial charge in [-0.25, -0.2) is 9.79 Å². The molecule has 5 heteroatoms. The Labute approximate surface area is 175 Å². The Morgan fingerprint density at radius 1 is 0.967 bits per heavy atom. The van der Waals surface area contributed by atoms with Crippen molar-refractivity contribution in [3.8, 4) is 11.5 Å². The van der Waals surface area contributed by atoms with E-state index in [0.717, 1.165) is 16.9 Å². The lowest BCUT2D eigenvalue weighted by molar-refractivity contribution is -0.129. The summed E-state index contributed by atoms with van der Waals surface area (Å²) in [6.07, 6.45) is 1.70. The summed E-state index contributed by atoms with van der Waals surface area (Å²) in [7, 11) is 1.58. The molecule has 4 rings (SSSR count). The monoisotopic (exact) mass is 399 g/mol. The normalized spacial score (nSPS) is 14.4. The van der Waals surface area contributed by atoms with Crippen molar-refractivity contribution in [3.05, 3.63) is 101 Å². The van der Waals surface area contributed by atoms with E-state index in [-0.39, 0.29) is 11.6 Å². The smallest absolute Gasteiger partial charge is 0.363 e. The van der Waals surface area contributed by atoms with Gasteiger partial charge in [0.1, 0.15) is 18.1 Å². The molecule has 0 saturated heterocycles. The summed E-state index contributed by atoms with van der Waals surface area (Å²) in [6, 6.07) is 22.9. The number of aliphatic imine (C=N–C) groups is 1. The lowest BCUT2D eigenvalue weighted by Crippen LogP contribution is -2.05. The SMILES string of the molecule is COc1cccc(C2=N/C(=C\c3ccc(OCc4ccccc4C)cc3)C(=O)O2)c1. The van der Waals surface area contributed by atoms with Gasteiger partial charge >= 0.3 is 5.97 Å². The summed E-state index contributed by atoms with van der Waals surface area (Å²) in [4.78, 5) is 16.6. The largest absolute Gasteiger partial charge is 0.497 e. The molecule has 0 atom stereocenters. The van der Waals surface area contributed by atoms with Gasteiger partial charge in [-0.05, 0) is 60.0 Å². The van der Waals surface area contributed by atoms with E-state index in [9.17, 15) is 4.79 Å². The highest BCUT2D eigenvalue weighted by atomic mass is 16.6. The number of carbonyl (C=O) groups excluding carboxylic acids is 1. The number of benzene rings is 3. The molecule has 30 heavy (non-hydrogen) atoms. The molecule has 0 radical (unpaired) electrons. The average molecular weight is 399 g/mol. The van der Waals surface area contributed by atoms with Crippen molar-refractivity contribution in [2.45, 2.75) is 13.5 Å². The van der Waals surface area contributed by atoms with Crippen LogP contribution in [0.1, 0.15) is 22.3 Å². The zero-order chi connectivity index (χ0) is 20.9. The van der Waals surface area contributed by atoms with Crippen LogP contribution in [0.25, 0.3) is 6.08 Å². The fraction of sp³-hybridized carbons (Fsp3) is 0.120. The topological polar surface area (TPSA) is 57.1 Å². The van der Waals surface area contributed by atoms with Crippen LogP contribution in [0, 0.1) is 6.92 Å². The number of carbonyl (C=O) groups is 1. The predicted molar refractivity (Wildman–Crippen MR) is 116 cm³/mol. The maximum atomic E-state index is 12.2. The molecule has 3 aromatic carbocycles. The van der Waals surface area contributed by atoms with Crippen LogP contribution in [-0.4, -0.2) is 19.0 Å². The van der Waals surface area contributed by atoms with Crippen molar-refractivity contribution in [2.75, 3.05) is 7.11 Å². The molecule has 0 fully saturated rings. The van der Waals surface area contributed by atoms with Crippen LogP contribution in [0.3, 0.4) is 0 Å². The zero-order valence-corrected chi connectivity index (χ0v) is 16.8. The molecule has 0 aromatic heterocycles. The molecule has 0 saturated carbocycles. The maximum Gasteiger partial charge on any atom is 0.363 e. The first-order valence-corrected chi connectivity index (χ1v) is 9.57. The molecule has 1 aliphatic heterocycles. The van der Waals surface area contributed by atoms with E-state index >= 15 is 0 Å². The van der Waals surface area contributed by atoms with Gasteiger partial charge in [-0.1, -0.05) is 42.5 Å². The minimum Gasteiger partial charge on any atom is -0.497 e. The molecular formula is C25H21NO4. The Balaban J connectivity index is 1.47. The Hall–Kier alpha value is -3.86. The third-order valence-electron chi connectivity index (χ3n) is 4.78. The molecule has 0 amide bonds. The number of cyclic esters (lactones) is 1. The number of hydrogen-bond donors (Lipinski definition) is 0. The van der Waals surface area contributed by atoms with Gasteiger partial charge in [-0.15, -0.1) is 0 Å². The fourth-order valence-electron chi connectivity index (χ4n) is 3.04. The summed E-state index contributed by atoms with van der Waals surface area (Å²) in [6.45, 7) is 2.57. The molecule has 1 heterocycles. The van der Waals surface area contributed by atoms with Crippen LogP contribution in [0.2, 0.25) is 0 Å². The van der Waals surface area contributed by atoms with E-state index in [2.05, 4.69) is 24.0 Å². The Bertz CT molecular complexity index is 1130. The highest BCUT2D eigenvalue weighted by Gasteiger charge is 2.24. The summed E-state index contributed by atoms with van der Waals surface area (Å²) in [5.74, 6) is 1.22. The second-order valence-corrected chi connectivity index (χ2v) is 6.85. The molecule has 0 spiro atoms. The third kappa shape index (κ3) is 4.41. The number of rotatable bonds is 6. The third-order valence-corrected chi connectivity index (χ3v) is 4.78. The summed E-state index contributed by atoms with van der Waals surface area (Å²) in [5.41, 5.74) is 4.12. The lowest BCUT2D eigenvalue weighted by Gasteiger charge is -2.08. The first-order valence-electron chi connectivity index (χ1n) is 9.57. The lowest BCUT2D eigenvalue weighted by atomic mass is 10.1. The van der Waals surface area contributed by atoms with Crippen molar-refractivity contribution < 1.29 is 19.0 Å². The van der Waals surface area contributed by atoms with E-state index < -0.39 is 5.97 Å². The van der Waals surface area contributed by atoms with Gasteiger partial charge in [0, 0.05) is 5.56 Å². The van der Waals surface area contributed by atoms with Crippen LogP contribution >= 0.6 is 0 Å². The minimum absolute atomic E-state index is 0.251. The Kier molecular flexibility index (Phi) is 5.61. The molecule has 0 N–H and O–H groups in total. The van der Waals surface area contributed by atoms with Gasteiger partial charge in [0.05, 0.1) is 7.11 Å². The van der Waals surface area contributed by atoms with E-state index in [1.807, 2.05) is 54.6 Å². The number of hydrogen-bond acceptors (Lipinski definition) is 5. The standard InChI is InChI=1S/C25H21NO4/c1-17-6-3-4-7-20(17)16-29-21-12-10-18(11-13-21)14-23-25(27)30-24(26-23)19-8-5-9-22(15-19)28-2/h3-15H,16H2,1-2H3/b23-14-. The predicted octanol–water partition coefficient (Wildman–Crippen LogP) is 4.93. The first kappa shape index (κ1) is 19.5. The van der Waals surface area contributed by atoms with Gasteiger partial charge in [0.2, 0.25) is 5.90 Å². The van der Waals surface area contributed by atoms with Gasteiger partial charge in [-0.3, -0.25) is 0 Å². The number of methoxy groups -OCH3 is 1. The van der Waals surface area contributed by atoms with Gasteiger partial charge in [-0.2, -0.15) is 0 Å². The minimum atomic E-state index is -0.479. The second-order valence-electron chi connectivity index (χ2n) is 6.85. The number of esters is 1. The van der Waals surface area contributed by atoms with Crippen LogP contribution in [0.15, 0.2) is 83.5 Å². The van der Waals surface area contributed by atoms with E-state index in [0.29, 0.717) is 17.9 Å². The van der Waals surface area contributed by atoms with Crippen molar-refractivity contribution in [3.63, 3.8) is 0 Å². The van der Waals surface area contributed by atoms with Crippen LogP contribution in [0.4, 0.5) is 0 Å². The van der Waals surface area contributed by atoms with Gasteiger partial charge in [0.25, 0.3) is 0 Å². The van der Waals surface area contributed by atoms with Crippen molar-refractivity contribution >= 4 is 17.9 Å². The number of nitrogens with zero attached hydrogens (tertiary/aromatic N) is 1. The van der Waals surface area contributed by atoms with Crippen molar-refractivity contribution in [1.82, 2.24) is 0 Å². The molecular weight excluding hydrogens is 378 g/mol. The molecule has 3 aromatic rings.